The molecule has 112 valence electrons. The van der Waals surface area contributed by atoms with Gasteiger partial charge in [0, 0.05) is 38.5 Å². The van der Waals surface area contributed by atoms with Crippen LogP contribution in [-0.2, 0) is 4.74 Å². The van der Waals surface area contributed by atoms with Crippen molar-refractivity contribution in [1.82, 2.24) is 10.3 Å². The number of nitrogens with zero attached hydrogens (tertiary/aromatic N) is 1. The molecule has 1 aliphatic rings. The van der Waals surface area contributed by atoms with Gasteiger partial charge in [-0.15, -0.1) is 0 Å². The summed E-state index contributed by atoms with van der Waals surface area (Å²) in [7, 11) is 1.76. The van der Waals surface area contributed by atoms with E-state index < -0.39 is 0 Å². The summed E-state index contributed by atoms with van der Waals surface area (Å²) in [6.07, 6.45) is 12.2. The Balaban J connectivity index is 1.98. The minimum absolute atomic E-state index is 0.596. The zero-order valence-corrected chi connectivity index (χ0v) is 12.7. The third-order valence-corrected chi connectivity index (χ3v) is 4.43. The first-order valence-corrected chi connectivity index (χ1v) is 8.01. The molecule has 1 saturated carbocycles. The van der Waals surface area contributed by atoms with Crippen molar-refractivity contribution in [2.24, 2.45) is 5.92 Å². The normalized spacial score (nSPS) is 18.6. The van der Waals surface area contributed by atoms with E-state index in [0.717, 1.165) is 25.6 Å². The molecule has 0 spiro atoms. The largest absolute Gasteiger partial charge is 0.383 e. The van der Waals surface area contributed by atoms with Crippen molar-refractivity contribution in [3.05, 3.63) is 30.1 Å². The smallest absolute Gasteiger partial charge is 0.0587 e. The standard InChI is InChI=1S/C17H28N2O/c1-20-12-11-19-14-17(16-9-6-10-18-13-16)15-7-4-2-3-5-8-15/h6,9-10,13,15,17,19H,2-5,7-8,11-12,14H2,1H3. The quantitative estimate of drug-likeness (QED) is 0.612. The Bertz CT molecular complexity index is 347. The number of hydrogen-bond acceptors (Lipinski definition) is 3. The predicted molar refractivity (Wildman–Crippen MR) is 82.9 cm³/mol. The van der Waals surface area contributed by atoms with Crippen LogP contribution in [0.5, 0.6) is 0 Å². The maximum absolute atomic E-state index is 5.12. The lowest BCUT2D eigenvalue weighted by Gasteiger charge is -2.27. The van der Waals surface area contributed by atoms with Crippen LogP contribution in [0.2, 0.25) is 0 Å². The topological polar surface area (TPSA) is 34.1 Å². The molecule has 20 heavy (non-hydrogen) atoms. The number of pyridine rings is 1. The molecule has 0 aromatic carbocycles. The Labute approximate surface area is 123 Å². The average molecular weight is 276 g/mol. The molecule has 1 aromatic heterocycles. The molecule has 0 radical (unpaired) electrons. The SMILES string of the molecule is COCCNCC(c1cccnc1)C1CCCCCC1. The van der Waals surface area contributed by atoms with Crippen LogP contribution in [0.1, 0.15) is 50.0 Å². The zero-order valence-electron chi connectivity index (χ0n) is 12.7. The molecule has 0 aliphatic heterocycles. The first-order chi connectivity index (χ1) is 9.92. The summed E-state index contributed by atoms with van der Waals surface area (Å²) in [6, 6.07) is 4.30. The molecule has 0 saturated heterocycles. The van der Waals surface area contributed by atoms with Crippen molar-refractivity contribution in [3.8, 4) is 0 Å². The van der Waals surface area contributed by atoms with Crippen molar-refractivity contribution in [2.45, 2.75) is 44.4 Å². The van der Waals surface area contributed by atoms with E-state index >= 15 is 0 Å². The van der Waals surface area contributed by atoms with E-state index in [1.807, 2.05) is 12.4 Å². The fourth-order valence-corrected chi connectivity index (χ4v) is 3.30. The van der Waals surface area contributed by atoms with Crippen LogP contribution in [-0.4, -0.2) is 31.8 Å². The first-order valence-electron chi connectivity index (χ1n) is 8.01. The fraction of sp³-hybridized carbons (Fsp3) is 0.706. The van der Waals surface area contributed by atoms with Gasteiger partial charge < -0.3 is 10.1 Å². The summed E-state index contributed by atoms with van der Waals surface area (Å²) >= 11 is 0. The van der Waals surface area contributed by atoms with E-state index in [9.17, 15) is 0 Å². The van der Waals surface area contributed by atoms with Gasteiger partial charge in [0.2, 0.25) is 0 Å². The minimum Gasteiger partial charge on any atom is -0.383 e. The third kappa shape index (κ3) is 4.88. The highest BCUT2D eigenvalue weighted by atomic mass is 16.5. The molecule has 1 aliphatic carbocycles. The van der Waals surface area contributed by atoms with Crippen molar-refractivity contribution in [3.63, 3.8) is 0 Å². The molecular weight excluding hydrogens is 248 g/mol. The van der Waals surface area contributed by atoms with Gasteiger partial charge in [-0.2, -0.15) is 0 Å². The van der Waals surface area contributed by atoms with E-state index in [2.05, 4.69) is 22.4 Å². The van der Waals surface area contributed by atoms with Crippen LogP contribution < -0.4 is 5.32 Å². The summed E-state index contributed by atoms with van der Waals surface area (Å²) in [5, 5.41) is 3.55. The Morgan fingerprint density at radius 2 is 2.10 bits per heavy atom. The summed E-state index contributed by atoms with van der Waals surface area (Å²) < 4.78 is 5.12. The highest BCUT2D eigenvalue weighted by molar-refractivity contribution is 5.16. The van der Waals surface area contributed by atoms with E-state index in [1.54, 1.807) is 7.11 Å². The van der Waals surface area contributed by atoms with Gasteiger partial charge in [-0.3, -0.25) is 4.98 Å². The lowest BCUT2D eigenvalue weighted by molar-refractivity contribution is 0.197. The van der Waals surface area contributed by atoms with Crippen LogP contribution in [0.4, 0.5) is 0 Å². The van der Waals surface area contributed by atoms with E-state index in [1.165, 1.54) is 44.1 Å². The van der Waals surface area contributed by atoms with Crippen LogP contribution in [0.3, 0.4) is 0 Å². The van der Waals surface area contributed by atoms with E-state index in [-0.39, 0.29) is 0 Å². The number of methoxy groups -OCH3 is 1. The van der Waals surface area contributed by atoms with Gasteiger partial charge in [-0.05, 0) is 30.4 Å². The number of rotatable bonds is 7. The Kier molecular flexibility index (Phi) is 7.02. The van der Waals surface area contributed by atoms with Crippen LogP contribution in [0, 0.1) is 5.92 Å². The highest BCUT2D eigenvalue weighted by Crippen LogP contribution is 2.34. The monoisotopic (exact) mass is 276 g/mol. The second-order valence-corrected chi connectivity index (χ2v) is 5.84. The second-order valence-electron chi connectivity index (χ2n) is 5.84. The fourth-order valence-electron chi connectivity index (χ4n) is 3.30. The van der Waals surface area contributed by atoms with Crippen molar-refractivity contribution in [2.75, 3.05) is 26.8 Å². The third-order valence-electron chi connectivity index (χ3n) is 4.43. The van der Waals surface area contributed by atoms with Gasteiger partial charge in [0.25, 0.3) is 0 Å². The molecular formula is C17H28N2O. The van der Waals surface area contributed by atoms with Crippen LogP contribution >= 0.6 is 0 Å². The van der Waals surface area contributed by atoms with Gasteiger partial charge in [-0.1, -0.05) is 31.7 Å². The molecule has 1 fully saturated rings. The summed E-state index contributed by atoms with van der Waals surface area (Å²) in [5.74, 6) is 1.40. The average Bonchev–Trinajstić information content (AvgIpc) is 2.77. The lowest BCUT2D eigenvalue weighted by atomic mass is 9.82. The van der Waals surface area contributed by atoms with Gasteiger partial charge >= 0.3 is 0 Å². The molecule has 1 heterocycles. The molecule has 0 amide bonds. The number of aromatic nitrogens is 1. The zero-order chi connectivity index (χ0) is 14.0. The molecule has 1 aromatic rings. The maximum Gasteiger partial charge on any atom is 0.0587 e. The Morgan fingerprint density at radius 3 is 2.75 bits per heavy atom. The molecule has 3 heteroatoms. The van der Waals surface area contributed by atoms with Gasteiger partial charge in [0.05, 0.1) is 6.61 Å². The van der Waals surface area contributed by atoms with Crippen molar-refractivity contribution >= 4 is 0 Å². The van der Waals surface area contributed by atoms with Gasteiger partial charge in [0.1, 0.15) is 0 Å². The summed E-state index contributed by atoms with van der Waals surface area (Å²) in [6.45, 7) is 2.75. The van der Waals surface area contributed by atoms with E-state index in [4.69, 9.17) is 4.74 Å². The molecule has 1 unspecified atom stereocenters. The van der Waals surface area contributed by atoms with E-state index in [0.29, 0.717) is 5.92 Å². The van der Waals surface area contributed by atoms with Gasteiger partial charge in [0.15, 0.2) is 0 Å². The highest BCUT2D eigenvalue weighted by Gasteiger charge is 2.24. The maximum atomic E-state index is 5.12. The molecule has 0 bridgehead atoms. The van der Waals surface area contributed by atoms with Crippen molar-refractivity contribution in [1.29, 1.82) is 0 Å². The molecule has 3 nitrogen and oxygen atoms in total. The second kappa shape index (κ2) is 9.09. The Hall–Kier alpha value is -0.930. The Morgan fingerprint density at radius 1 is 1.30 bits per heavy atom. The number of hydrogen-bond donors (Lipinski definition) is 1. The summed E-state index contributed by atoms with van der Waals surface area (Å²) in [4.78, 5) is 4.32. The van der Waals surface area contributed by atoms with Crippen molar-refractivity contribution < 1.29 is 4.74 Å². The predicted octanol–water partition coefficient (Wildman–Crippen LogP) is 3.37. The van der Waals surface area contributed by atoms with Gasteiger partial charge in [-0.25, -0.2) is 0 Å². The number of ether oxygens (including phenoxy) is 1. The molecule has 1 atom stereocenters. The lowest BCUT2D eigenvalue weighted by Crippen LogP contribution is -2.29. The molecule has 1 N–H and O–H groups in total. The number of nitrogens with one attached hydrogen (secondary N) is 1. The molecule has 2 rings (SSSR count). The summed E-state index contributed by atoms with van der Waals surface area (Å²) in [5.41, 5.74) is 1.39. The van der Waals surface area contributed by atoms with Crippen LogP contribution in [0.25, 0.3) is 0 Å². The minimum atomic E-state index is 0.596. The first kappa shape index (κ1) is 15.5. The van der Waals surface area contributed by atoms with Crippen LogP contribution in [0.15, 0.2) is 24.5 Å².